The number of piperidine rings is 1. The summed E-state index contributed by atoms with van der Waals surface area (Å²) in [6.45, 7) is 6.61. The molecule has 0 aromatic heterocycles. The Kier molecular flexibility index (Phi) is 5.49. The fraction of sp³-hybridized carbons (Fsp3) is 0.938. The van der Waals surface area contributed by atoms with E-state index in [0.29, 0.717) is 12.5 Å². The second-order valence-corrected chi connectivity index (χ2v) is 7.30. The molecule has 122 valence electrons. The largest absolute Gasteiger partial charge is 0.444 e. The van der Waals surface area contributed by atoms with Gasteiger partial charge in [0.15, 0.2) is 0 Å². The number of hydrogen-bond acceptors (Lipinski definition) is 4. The van der Waals surface area contributed by atoms with Crippen molar-refractivity contribution >= 4 is 6.09 Å². The molecule has 0 spiro atoms. The normalized spacial score (nSPS) is 24.8. The molecule has 1 saturated heterocycles. The van der Waals surface area contributed by atoms with Crippen molar-refractivity contribution in [2.45, 2.75) is 83.0 Å². The van der Waals surface area contributed by atoms with Crippen LogP contribution < -0.4 is 5.32 Å². The third-order valence-corrected chi connectivity index (χ3v) is 4.11. The third kappa shape index (κ3) is 5.15. The number of ether oxygens (including phenoxy) is 1. The van der Waals surface area contributed by atoms with E-state index in [0.717, 1.165) is 25.8 Å². The Morgan fingerprint density at radius 3 is 2.62 bits per heavy atom. The van der Waals surface area contributed by atoms with E-state index >= 15 is 0 Å². The lowest BCUT2D eigenvalue weighted by molar-refractivity contribution is 0.00320. The SMILES string of the molecule is CC(C)(C)OC(=O)N1CCCC[C@H]1[C@@H](CCO)NC1CC1. The second-order valence-electron chi connectivity index (χ2n) is 7.30. The van der Waals surface area contributed by atoms with Crippen molar-refractivity contribution in [3.05, 3.63) is 0 Å². The van der Waals surface area contributed by atoms with E-state index in [4.69, 9.17) is 4.74 Å². The molecule has 2 rings (SSSR count). The monoisotopic (exact) mass is 298 g/mol. The molecule has 1 heterocycles. The molecule has 0 radical (unpaired) electrons. The van der Waals surface area contributed by atoms with E-state index in [-0.39, 0.29) is 24.8 Å². The molecule has 2 atom stereocenters. The van der Waals surface area contributed by atoms with Gasteiger partial charge in [-0.2, -0.15) is 0 Å². The molecular weight excluding hydrogens is 268 g/mol. The van der Waals surface area contributed by atoms with Gasteiger partial charge in [-0.05, 0) is 59.3 Å². The van der Waals surface area contributed by atoms with Crippen molar-refractivity contribution in [1.82, 2.24) is 10.2 Å². The number of carbonyl (C=O) groups excluding carboxylic acids is 1. The number of nitrogens with zero attached hydrogens (tertiary/aromatic N) is 1. The number of nitrogens with one attached hydrogen (secondary N) is 1. The highest BCUT2D eigenvalue weighted by atomic mass is 16.6. The number of likely N-dealkylation sites (tertiary alicyclic amines) is 1. The highest BCUT2D eigenvalue weighted by Crippen LogP contribution is 2.27. The van der Waals surface area contributed by atoms with Crippen LogP contribution in [0.4, 0.5) is 4.79 Å². The number of rotatable bonds is 5. The van der Waals surface area contributed by atoms with Crippen LogP contribution in [0.3, 0.4) is 0 Å². The molecule has 5 nitrogen and oxygen atoms in total. The van der Waals surface area contributed by atoms with Gasteiger partial charge in [0.1, 0.15) is 5.60 Å². The van der Waals surface area contributed by atoms with Crippen LogP contribution in [0.1, 0.15) is 59.3 Å². The molecule has 1 saturated carbocycles. The average molecular weight is 298 g/mol. The van der Waals surface area contributed by atoms with Crippen molar-refractivity contribution in [3.8, 4) is 0 Å². The van der Waals surface area contributed by atoms with Crippen LogP contribution >= 0.6 is 0 Å². The van der Waals surface area contributed by atoms with E-state index in [2.05, 4.69) is 5.32 Å². The lowest BCUT2D eigenvalue weighted by atomic mass is 9.94. The second kappa shape index (κ2) is 6.97. The van der Waals surface area contributed by atoms with E-state index in [9.17, 15) is 9.90 Å². The first kappa shape index (κ1) is 16.6. The number of aliphatic hydroxyl groups is 1. The van der Waals surface area contributed by atoms with Crippen molar-refractivity contribution in [2.24, 2.45) is 0 Å². The summed E-state index contributed by atoms with van der Waals surface area (Å²) >= 11 is 0. The van der Waals surface area contributed by atoms with Gasteiger partial charge in [0.25, 0.3) is 0 Å². The van der Waals surface area contributed by atoms with Crippen LogP contribution in [0.25, 0.3) is 0 Å². The molecular formula is C16H30N2O3. The molecule has 21 heavy (non-hydrogen) atoms. The summed E-state index contributed by atoms with van der Waals surface area (Å²) in [5, 5.41) is 12.9. The number of amides is 1. The third-order valence-electron chi connectivity index (χ3n) is 4.11. The smallest absolute Gasteiger partial charge is 0.410 e. The van der Waals surface area contributed by atoms with Gasteiger partial charge in [0.05, 0.1) is 6.04 Å². The maximum atomic E-state index is 12.4. The Labute approximate surface area is 128 Å². The number of aliphatic hydroxyl groups excluding tert-OH is 1. The van der Waals surface area contributed by atoms with Crippen molar-refractivity contribution in [2.75, 3.05) is 13.2 Å². The van der Waals surface area contributed by atoms with Crippen molar-refractivity contribution in [1.29, 1.82) is 0 Å². The molecule has 2 N–H and O–H groups in total. The molecule has 0 unspecified atom stereocenters. The fourth-order valence-electron chi connectivity index (χ4n) is 3.00. The molecule has 5 heteroatoms. The van der Waals surface area contributed by atoms with Gasteiger partial charge < -0.3 is 20.1 Å². The van der Waals surface area contributed by atoms with Gasteiger partial charge in [-0.1, -0.05) is 0 Å². The van der Waals surface area contributed by atoms with E-state index in [1.807, 2.05) is 25.7 Å². The van der Waals surface area contributed by atoms with Crippen LogP contribution in [0.2, 0.25) is 0 Å². The van der Waals surface area contributed by atoms with E-state index < -0.39 is 5.60 Å². The Balaban J connectivity index is 2.03. The predicted molar refractivity (Wildman–Crippen MR) is 82.2 cm³/mol. The quantitative estimate of drug-likeness (QED) is 0.817. The van der Waals surface area contributed by atoms with Crippen LogP contribution in [-0.4, -0.2) is 53.0 Å². The van der Waals surface area contributed by atoms with Crippen LogP contribution in [0.15, 0.2) is 0 Å². The van der Waals surface area contributed by atoms with Gasteiger partial charge in [-0.3, -0.25) is 0 Å². The van der Waals surface area contributed by atoms with Crippen LogP contribution in [-0.2, 0) is 4.74 Å². The maximum Gasteiger partial charge on any atom is 0.410 e. The zero-order chi connectivity index (χ0) is 15.5. The summed E-state index contributed by atoms with van der Waals surface area (Å²) in [5.41, 5.74) is -0.463. The number of carbonyl (C=O) groups is 1. The zero-order valence-corrected chi connectivity index (χ0v) is 13.6. The van der Waals surface area contributed by atoms with Crippen LogP contribution in [0, 0.1) is 0 Å². The Morgan fingerprint density at radius 1 is 1.33 bits per heavy atom. The summed E-state index contributed by atoms with van der Waals surface area (Å²) < 4.78 is 5.55. The average Bonchev–Trinajstić information content (AvgIpc) is 3.20. The summed E-state index contributed by atoms with van der Waals surface area (Å²) in [5.74, 6) is 0. The molecule has 1 amide bonds. The highest BCUT2D eigenvalue weighted by molar-refractivity contribution is 5.68. The molecule has 2 aliphatic rings. The van der Waals surface area contributed by atoms with Crippen LogP contribution in [0.5, 0.6) is 0 Å². The minimum Gasteiger partial charge on any atom is -0.444 e. The first-order valence-electron chi connectivity index (χ1n) is 8.27. The molecule has 1 aliphatic heterocycles. The van der Waals surface area contributed by atoms with E-state index in [1.165, 1.54) is 12.8 Å². The number of hydrogen-bond donors (Lipinski definition) is 2. The Hall–Kier alpha value is -0.810. The predicted octanol–water partition coefficient (Wildman–Crippen LogP) is 2.28. The summed E-state index contributed by atoms with van der Waals surface area (Å²) in [7, 11) is 0. The molecule has 0 aromatic rings. The van der Waals surface area contributed by atoms with Gasteiger partial charge in [0.2, 0.25) is 0 Å². The Bertz CT molecular complexity index is 350. The topological polar surface area (TPSA) is 61.8 Å². The minimum absolute atomic E-state index is 0.140. The first-order valence-corrected chi connectivity index (χ1v) is 8.27. The van der Waals surface area contributed by atoms with Crippen molar-refractivity contribution in [3.63, 3.8) is 0 Å². The fourth-order valence-corrected chi connectivity index (χ4v) is 3.00. The van der Waals surface area contributed by atoms with Gasteiger partial charge in [-0.15, -0.1) is 0 Å². The zero-order valence-electron chi connectivity index (χ0n) is 13.6. The summed E-state index contributed by atoms with van der Waals surface area (Å²) in [6, 6.07) is 0.889. The molecule has 2 fully saturated rings. The van der Waals surface area contributed by atoms with Crippen molar-refractivity contribution < 1.29 is 14.6 Å². The minimum atomic E-state index is -0.463. The first-order chi connectivity index (χ1) is 9.90. The molecule has 0 aromatic carbocycles. The van der Waals surface area contributed by atoms with Gasteiger partial charge in [-0.25, -0.2) is 4.79 Å². The summed E-state index contributed by atoms with van der Waals surface area (Å²) in [4.78, 5) is 14.3. The maximum absolute atomic E-state index is 12.4. The summed E-state index contributed by atoms with van der Waals surface area (Å²) in [6.07, 6.45) is 6.06. The van der Waals surface area contributed by atoms with E-state index in [1.54, 1.807) is 0 Å². The molecule has 0 bridgehead atoms. The lowest BCUT2D eigenvalue weighted by Gasteiger charge is -2.41. The lowest BCUT2D eigenvalue weighted by Crippen LogP contribution is -2.56. The molecule has 1 aliphatic carbocycles. The standard InChI is InChI=1S/C16H30N2O3/c1-16(2,3)21-15(20)18-10-5-4-6-14(18)13(9-11-19)17-12-7-8-12/h12-14,17,19H,4-11H2,1-3H3/t13-,14+/m1/s1. The van der Waals surface area contributed by atoms with Gasteiger partial charge in [0, 0.05) is 25.2 Å². The Morgan fingerprint density at radius 2 is 2.05 bits per heavy atom. The van der Waals surface area contributed by atoms with Gasteiger partial charge >= 0.3 is 6.09 Å². The highest BCUT2D eigenvalue weighted by Gasteiger charge is 2.37.